The van der Waals surface area contributed by atoms with Gasteiger partial charge in [-0.3, -0.25) is 4.68 Å². The van der Waals surface area contributed by atoms with E-state index in [2.05, 4.69) is 29.4 Å². The maximum atomic E-state index is 5.76. The molecular weight excluding hydrogens is 376 g/mol. The minimum absolute atomic E-state index is 0.240. The van der Waals surface area contributed by atoms with Crippen LogP contribution in [-0.2, 0) is 11.3 Å². The highest BCUT2D eigenvalue weighted by Crippen LogP contribution is 2.31. The third kappa shape index (κ3) is 4.17. The lowest BCUT2D eigenvalue weighted by Gasteiger charge is -2.26. The molecule has 3 aromatic rings. The average Bonchev–Trinajstić information content (AvgIpc) is 3.42. The summed E-state index contributed by atoms with van der Waals surface area (Å²) in [6.07, 6.45) is 10.8. The van der Waals surface area contributed by atoms with Gasteiger partial charge in [-0.2, -0.15) is 0 Å². The van der Waals surface area contributed by atoms with Gasteiger partial charge in [-0.15, -0.1) is 10.2 Å². The van der Waals surface area contributed by atoms with Crippen molar-refractivity contribution < 1.29 is 4.74 Å². The molecule has 2 unspecified atom stereocenters. The largest absolute Gasteiger partial charge is 0.378 e. The fraction of sp³-hybridized carbons (Fsp3) is 0.565. The second-order valence-electron chi connectivity index (χ2n) is 8.77. The zero-order valence-electron chi connectivity index (χ0n) is 17.7. The summed E-state index contributed by atoms with van der Waals surface area (Å²) in [6, 6.07) is 10.2. The van der Waals surface area contributed by atoms with Crippen LogP contribution in [-0.4, -0.2) is 42.5 Å². The van der Waals surface area contributed by atoms with Crippen LogP contribution in [0.1, 0.15) is 63.6 Å². The lowest BCUT2D eigenvalue weighted by Crippen LogP contribution is -2.24. The van der Waals surface area contributed by atoms with Crippen molar-refractivity contribution in [3.63, 3.8) is 0 Å². The second kappa shape index (κ2) is 8.68. The Morgan fingerprint density at radius 3 is 2.70 bits per heavy atom. The predicted octanol–water partition coefficient (Wildman–Crippen LogP) is 4.39. The number of rotatable bonds is 5. The van der Waals surface area contributed by atoms with E-state index in [0.29, 0.717) is 17.7 Å². The van der Waals surface area contributed by atoms with E-state index < -0.39 is 0 Å². The Balaban J connectivity index is 1.44. The van der Waals surface area contributed by atoms with E-state index in [0.717, 1.165) is 43.2 Å². The molecule has 158 valence electrons. The van der Waals surface area contributed by atoms with Gasteiger partial charge in [0.05, 0.1) is 18.0 Å². The Hall–Kier alpha value is -2.54. The number of hydrogen-bond donors (Lipinski definition) is 0. The Morgan fingerprint density at radius 2 is 1.90 bits per heavy atom. The first-order valence-electron chi connectivity index (χ1n) is 11.3. The Bertz CT molecular complexity index is 959. The van der Waals surface area contributed by atoms with Crippen LogP contribution in [0.4, 0.5) is 0 Å². The van der Waals surface area contributed by atoms with Gasteiger partial charge in [0.1, 0.15) is 5.82 Å². The maximum absolute atomic E-state index is 5.76. The standard InChI is InChI=1S/C23H30N6O/c1-17-14-19(12-13-30-17)23-24-22(26-29(23)20-10-6-3-7-11-20)21-16-28(27-25-21)15-18-8-4-2-5-9-18/h3,6-7,10-11,16-19H,2,4-5,8-9,12-15H2,1H3. The highest BCUT2D eigenvalue weighted by Gasteiger charge is 2.28. The first kappa shape index (κ1) is 19.4. The maximum Gasteiger partial charge on any atom is 0.204 e. The van der Waals surface area contributed by atoms with Crippen LogP contribution in [0, 0.1) is 5.92 Å². The topological polar surface area (TPSA) is 70.7 Å². The van der Waals surface area contributed by atoms with Gasteiger partial charge in [-0.05, 0) is 50.7 Å². The van der Waals surface area contributed by atoms with Crippen LogP contribution in [0.2, 0.25) is 0 Å². The molecule has 0 bridgehead atoms. The van der Waals surface area contributed by atoms with E-state index in [1.807, 2.05) is 33.8 Å². The van der Waals surface area contributed by atoms with Crippen molar-refractivity contribution in [3.05, 3.63) is 42.4 Å². The quantitative estimate of drug-likeness (QED) is 0.628. The van der Waals surface area contributed by atoms with Crippen molar-refractivity contribution >= 4 is 0 Å². The first-order chi connectivity index (χ1) is 14.8. The van der Waals surface area contributed by atoms with Crippen molar-refractivity contribution in [1.29, 1.82) is 0 Å². The van der Waals surface area contributed by atoms with Crippen LogP contribution in [0.3, 0.4) is 0 Å². The summed E-state index contributed by atoms with van der Waals surface area (Å²) >= 11 is 0. The Labute approximate surface area is 177 Å². The predicted molar refractivity (Wildman–Crippen MR) is 114 cm³/mol. The average molecular weight is 407 g/mol. The lowest BCUT2D eigenvalue weighted by atomic mass is 9.89. The van der Waals surface area contributed by atoms with Gasteiger partial charge in [-0.1, -0.05) is 42.7 Å². The molecule has 1 aliphatic heterocycles. The van der Waals surface area contributed by atoms with Gasteiger partial charge in [0, 0.05) is 19.1 Å². The van der Waals surface area contributed by atoms with E-state index in [-0.39, 0.29) is 6.10 Å². The van der Waals surface area contributed by atoms with E-state index in [1.165, 1.54) is 32.1 Å². The fourth-order valence-electron chi connectivity index (χ4n) is 4.81. The molecule has 7 nitrogen and oxygen atoms in total. The van der Waals surface area contributed by atoms with Crippen LogP contribution in [0.15, 0.2) is 36.5 Å². The minimum Gasteiger partial charge on any atom is -0.378 e. The summed E-state index contributed by atoms with van der Waals surface area (Å²) < 4.78 is 9.72. The molecule has 0 radical (unpaired) electrons. The molecule has 0 N–H and O–H groups in total. The molecule has 1 saturated heterocycles. The second-order valence-corrected chi connectivity index (χ2v) is 8.77. The lowest BCUT2D eigenvalue weighted by molar-refractivity contribution is 0.0170. The van der Waals surface area contributed by atoms with Gasteiger partial charge in [0.25, 0.3) is 0 Å². The number of nitrogens with zero attached hydrogens (tertiary/aromatic N) is 6. The molecule has 2 aliphatic rings. The highest BCUT2D eigenvalue weighted by atomic mass is 16.5. The number of para-hydroxylation sites is 1. The monoisotopic (exact) mass is 406 g/mol. The molecule has 1 aliphatic carbocycles. The van der Waals surface area contributed by atoms with Crippen molar-refractivity contribution in [2.45, 2.75) is 70.4 Å². The molecule has 0 spiro atoms. The molecule has 30 heavy (non-hydrogen) atoms. The van der Waals surface area contributed by atoms with E-state index in [1.54, 1.807) is 0 Å². The van der Waals surface area contributed by atoms with E-state index >= 15 is 0 Å². The summed E-state index contributed by atoms with van der Waals surface area (Å²) in [4.78, 5) is 4.96. The zero-order valence-corrected chi connectivity index (χ0v) is 17.7. The van der Waals surface area contributed by atoms with E-state index in [9.17, 15) is 0 Å². The summed E-state index contributed by atoms with van der Waals surface area (Å²) in [5.41, 5.74) is 1.78. The number of hydrogen-bond acceptors (Lipinski definition) is 5. The Kier molecular flexibility index (Phi) is 5.62. The normalized spacial score (nSPS) is 23.0. The van der Waals surface area contributed by atoms with Crippen molar-refractivity contribution in [1.82, 2.24) is 29.8 Å². The van der Waals surface area contributed by atoms with Crippen molar-refractivity contribution in [2.24, 2.45) is 5.92 Å². The van der Waals surface area contributed by atoms with Crippen LogP contribution < -0.4 is 0 Å². The molecule has 2 fully saturated rings. The number of aromatic nitrogens is 6. The van der Waals surface area contributed by atoms with Crippen LogP contribution >= 0.6 is 0 Å². The van der Waals surface area contributed by atoms with Crippen molar-refractivity contribution in [2.75, 3.05) is 6.61 Å². The molecule has 7 heteroatoms. The molecule has 2 aromatic heterocycles. The summed E-state index contributed by atoms with van der Waals surface area (Å²) in [7, 11) is 0. The fourth-order valence-corrected chi connectivity index (χ4v) is 4.81. The van der Waals surface area contributed by atoms with Crippen LogP contribution in [0.25, 0.3) is 17.2 Å². The SMILES string of the molecule is CC1CC(c2nc(-c3cn(CC4CCCCC4)nn3)nn2-c2ccccc2)CCO1. The number of ether oxygens (including phenoxy) is 1. The summed E-state index contributed by atoms with van der Waals surface area (Å²) in [5.74, 6) is 2.69. The molecule has 2 atom stereocenters. The van der Waals surface area contributed by atoms with Gasteiger partial charge in [-0.25, -0.2) is 9.67 Å². The molecule has 5 rings (SSSR count). The first-order valence-corrected chi connectivity index (χ1v) is 11.3. The highest BCUT2D eigenvalue weighted by molar-refractivity contribution is 5.47. The molecule has 1 aromatic carbocycles. The van der Waals surface area contributed by atoms with Crippen LogP contribution in [0.5, 0.6) is 0 Å². The summed E-state index contributed by atoms with van der Waals surface area (Å²) in [5, 5.41) is 13.7. The van der Waals surface area contributed by atoms with Crippen molar-refractivity contribution in [3.8, 4) is 17.2 Å². The number of benzene rings is 1. The molecular formula is C23H30N6O. The van der Waals surface area contributed by atoms with Gasteiger partial charge in [0.15, 0.2) is 5.69 Å². The molecule has 3 heterocycles. The van der Waals surface area contributed by atoms with E-state index in [4.69, 9.17) is 14.8 Å². The Morgan fingerprint density at radius 1 is 1.07 bits per heavy atom. The summed E-state index contributed by atoms with van der Waals surface area (Å²) in [6.45, 7) is 3.84. The third-order valence-electron chi connectivity index (χ3n) is 6.42. The van der Waals surface area contributed by atoms with Gasteiger partial charge >= 0.3 is 0 Å². The minimum atomic E-state index is 0.240. The smallest absolute Gasteiger partial charge is 0.204 e. The van der Waals surface area contributed by atoms with Gasteiger partial charge in [0.2, 0.25) is 5.82 Å². The van der Waals surface area contributed by atoms with Gasteiger partial charge < -0.3 is 4.74 Å². The molecule has 1 saturated carbocycles. The third-order valence-corrected chi connectivity index (χ3v) is 6.42. The molecule has 0 amide bonds. The zero-order chi connectivity index (χ0) is 20.3.